The zero-order valence-corrected chi connectivity index (χ0v) is 12.2. The summed E-state index contributed by atoms with van der Waals surface area (Å²) in [4.78, 5) is 0.151. The van der Waals surface area contributed by atoms with Gasteiger partial charge in [-0.25, -0.2) is 13.6 Å². The minimum Gasteiger partial charge on any atom is -0.357 e. The fourth-order valence-electron chi connectivity index (χ4n) is 1.98. The molecule has 2 aromatic rings. The number of aromatic nitrogens is 1. The van der Waals surface area contributed by atoms with Crippen LogP contribution >= 0.6 is 0 Å². The smallest absolute Gasteiger partial charge is 0.238 e. The van der Waals surface area contributed by atoms with E-state index in [1.807, 2.05) is 17.8 Å². The Morgan fingerprint density at radius 3 is 2.40 bits per heavy atom. The van der Waals surface area contributed by atoms with Crippen LogP contribution in [-0.4, -0.2) is 19.5 Å². The molecule has 0 saturated heterocycles. The summed E-state index contributed by atoms with van der Waals surface area (Å²) >= 11 is 0. The summed E-state index contributed by atoms with van der Waals surface area (Å²) < 4.78 is 24.3. The van der Waals surface area contributed by atoms with Gasteiger partial charge in [-0.3, -0.25) is 0 Å². The Morgan fingerprint density at radius 1 is 1.15 bits per heavy atom. The highest BCUT2D eigenvalue weighted by Crippen LogP contribution is 2.09. The maximum absolute atomic E-state index is 11.1. The molecule has 5 nitrogen and oxygen atoms in total. The second kappa shape index (κ2) is 6.21. The molecule has 6 heteroatoms. The van der Waals surface area contributed by atoms with Crippen LogP contribution in [0.1, 0.15) is 11.1 Å². The van der Waals surface area contributed by atoms with Gasteiger partial charge < -0.3 is 9.88 Å². The summed E-state index contributed by atoms with van der Waals surface area (Å²) in [6.45, 7) is 1.67. The lowest BCUT2D eigenvalue weighted by molar-refractivity contribution is 0.597. The van der Waals surface area contributed by atoms with Gasteiger partial charge in [-0.05, 0) is 42.3 Å². The number of rotatable bonds is 6. The second-order valence-corrected chi connectivity index (χ2v) is 6.36. The van der Waals surface area contributed by atoms with Gasteiger partial charge >= 0.3 is 0 Å². The van der Waals surface area contributed by atoms with E-state index >= 15 is 0 Å². The molecular weight excluding hydrogens is 274 g/mol. The van der Waals surface area contributed by atoms with E-state index in [4.69, 9.17) is 5.14 Å². The van der Waals surface area contributed by atoms with Gasteiger partial charge in [-0.1, -0.05) is 12.1 Å². The van der Waals surface area contributed by atoms with Crippen molar-refractivity contribution >= 4 is 10.0 Å². The molecule has 1 aromatic carbocycles. The first kappa shape index (κ1) is 14.8. The summed E-state index contributed by atoms with van der Waals surface area (Å²) in [5, 5.41) is 8.40. The Hall–Kier alpha value is -1.63. The van der Waals surface area contributed by atoms with Crippen molar-refractivity contribution in [1.82, 2.24) is 9.88 Å². The van der Waals surface area contributed by atoms with Gasteiger partial charge in [0.25, 0.3) is 0 Å². The predicted octanol–water partition coefficient (Wildman–Crippen LogP) is 1.00. The van der Waals surface area contributed by atoms with Crippen molar-refractivity contribution < 1.29 is 8.42 Å². The van der Waals surface area contributed by atoms with Crippen LogP contribution < -0.4 is 10.5 Å². The Bertz CT molecular complexity index is 660. The third-order valence-electron chi connectivity index (χ3n) is 3.06. The number of nitrogens with zero attached hydrogens (tertiary/aromatic N) is 1. The average Bonchev–Trinajstić information content (AvgIpc) is 2.80. The van der Waals surface area contributed by atoms with Gasteiger partial charge in [-0.15, -0.1) is 0 Å². The molecule has 0 bridgehead atoms. The standard InChI is InChI=1S/C14H19N3O2S/c1-17-9-7-13(11-17)10-16-8-6-12-2-4-14(5-3-12)20(15,18)19/h2-5,7,9,11,16H,6,8,10H2,1H3,(H2,15,18,19). The lowest BCUT2D eigenvalue weighted by atomic mass is 10.1. The second-order valence-electron chi connectivity index (χ2n) is 4.80. The minimum atomic E-state index is -3.60. The number of primary sulfonamides is 1. The highest BCUT2D eigenvalue weighted by Gasteiger charge is 2.06. The van der Waals surface area contributed by atoms with Crippen LogP contribution in [-0.2, 0) is 30.0 Å². The van der Waals surface area contributed by atoms with E-state index < -0.39 is 10.0 Å². The van der Waals surface area contributed by atoms with E-state index in [1.54, 1.807) is 24.3 Å². The van der Waals surface area contributed by atoms with Crippen molar-refractivity contribution in [2.24, 2.45) is 12.2 Å². The molecule has 1 heterocycles. The lowest BCUT2D eigenvalue weighted by Gasteiger charge is -2.05. The molecule has 0 amide bonds. The quantitative estimate of drug-likeness (QED) is 0.780. The molecule has 0 aliphatic rings. The molecule has 0 fully saturated rings. The SMILES string of the molecule is Cn1ccc(CNCCc2ccc(S(N)(=O)=O)cc2)c1. The topological polar surface area (TPSA) is 77.1 Å². The van der Waals surface area contributed by atoms with Crippen molar-refractivity contribution in [2.75, 3.05) is 6.54 Å². The molecule has 0 aliphatic carbocycles. The molecular formula is C14H19N3O2S. The van der Waals surface area contributed by atoms with Gasteiger partial charge in [0.05, 0.1) is 4.90 Å². The molecule has 0 aliphatic heterocycles. The molecule has 0 spiro atoms. The van der Waals surface area contributed by atoms with Gasteiger partial charge in [0, 0.05) is 26.0 Å². The van der Waals surface area contributed by atoms with Crippen molar-refractivity contribution in [2.45, 2.75) is 17.9 Å². The van der Waals surface area contributed by atoms with E-state index in [0.717, 1.165) is 25.1 Å². The Kier molecular flexibility index (Phi) is 4.59. The summed E-state index contributed by atoms with van der Waals surface area (Å²) in [5.41, 5.74) is 2.33. The molecule has 1 aromatic heterocycles. The van der Waals surface area contributed by atoms with Gasteiger partial charge in [0.15, 0.2) is 0 Å². The van der Waals surface area contributed by atoms with Gasteiger partial charge in [0.1, 0.15) is 0 Å². The average molecular weight is 293 g/mol. The number of nitrogens with one attached hydrogen (secondary N) is 1. The van der Waals surface area contributed by atoms with Crippen LogP contribution in [0.25, 0.3) is 0 Å². The lowest BCUT2D eigenvalue weighted by Crippen LogP contribution is -2.16. The van der Waals surface area contributed by atoms with Crippen LogP contribution in [0.2, 0.25) is 0 Å². The first-order valence-corrected chi connectivity index (χ1v) is 7.93. The van der Waals surface area contributed by atoms with Gasteiger partial charge in [0.2, 0.25) is 10.0 Å². The fourth-order valence-corrected chi connectivity index (χ4v) is 2.49. The number of aryl methyl sites for hydroxylation is 1. The number of sulfonamides is 1. The Morgan fingerprint density at radius 2 is 1.85 bits per heavy atom. The monoisotopic (exact) mass is 293 g/mol. The first-order chi connectivity index (χ1) is 9.45. The maximum Gasteiger partial charge on any atom is 0.238 e. The summed E-state index contributed by atoms with van der Waals surface area (Å²) in [7, 11) is -1.60. The Labute approximate surface area is 119 Å². The summed E-state index contributed by atoms with van der Waals surface area (Å²) in [6, 6.07) is 8.76. The highest BCUT2D eigenvalue weighted by molar-refractivity contribution is 7.89. The van der Waals surface area contributed by atoms with E-state index in [-0.39, 0.29) is 4.90 Å². The van der Waals surface area contributed by atoms with Crippen LogP contribution in [0.3, 0.4) is 0 Å². The molecule has 2 rings (SSSR count). The Balaban J connectivity index is 1.80. The number of hydrogen-bond acceptors (Lipinski definition) is 3. The number of nitrogens with two attached hydrogens (primary N) is 1. The normalized spacial score (nSPS) is 11.7. The van der Waals surface area contributed by atoms with E-state index in [0.29, 0.717) is 0 Å². The van der Waals surface area contributed by atoms with Crippen molar-refractivity contribution in [3.63, 3.8) is 0 Å². The number of hydrogen-bond donors (Lipinski definition) is 2. The largest absolute Gasteiger partial charge is 0.357 e. The maximum atomic E-state index is 11.1. The molecule has 0 saturated carbocycles. The molecule has 108 valence electrons. The van der Waals surface area contributed by atoms with E-state index in [1.165, 1.54) is 5.56 Å². The third-order valence-corrected chi connectivity index (χ3v) is 3.99. The molecule has 0 radical (unpaired) electrons. The first-order valence-electron chi connectivity index (χ1n) is 6.38. The molecule has 20 heavy (non-hydrogen) atoms. The molecule has 3 N–H and O–H groups in total. The summed E-state index contributed by atoms with van der Waals surface area (Å²) in [6.07, 6.45) is 4.94. The van der Waals surface area contributed by atoms with E-state index in [9.17, 15) is 8.42 Å². The van der Waals surface area contributed by atoms with Crippen LogP contribution in [0.5, 0.6) is 0 Å². The zero-order chi connectivity index (χ0) is 14.6. The predicted molar refractivity (Wildman–Crippen MR) is 78.6 cm³/mol. The third kappa shape index (κ3) is 4.19. The number of benzene rings is 1. The fraction of sp³-hybridized carbons (Fsp3) is 0.286. The van der Waals surface area contributed by atoms with Crippen molar-refractivity contribution in [1.29, 1.82) is 0 Å². The molecule has 0 atom stereocenters. The van der Waals surface area contributed by atoms with Crippen LogP contribution in [0.15, 0.2) is 47.6 Å². The zero-order valence-electron chi connectivity index (χ0n) is 11.4. The van der Waals surface area contributed by atoms with Crippen LogP contribution in [0, 0.1) is 0 Å². The highest BCUT2D eigenvalue weighted by atomic mass is 32.2. The van der Waals surface area contributed by atoms with Crippen molar-refractivity contribution in [3.05, 3.63) is 53.9 Å². The minimum absolute atomic E-state index is 0.151. The van der Waals surface area contributed by atoms with E-state index in [2.05, 4.69) is 17.6 Å². The molecule has 0 unspecified atom stereocenters. The van der Waals surface area contributed by atoms with Gasteiger partial charge in [-0.2, -0.15) is 0 Å². The van der Waals surface area contributed by atoms with Crippen molar-refractivity contribution in [3.8, 4) is 0 Å². The summed E-state index contributed by atoms with van der Waals surface area (Å²) in [5.74, 6) is 0. The van der Waals surface area contributed by atoms with Crippen LogP contribution in [0.4, 0.5) is 0 Å².